The van der Waals surface area contributed by atoms with Crippen molar-refractivity contribution in [3.63, 3.8) is 0 Å². The summed E-state index contributed by atoms with van der Waals surface area (Å²) in [6.45, 7) is 7.61. The van der Waals surface area contributed by atoms with Crippen molar-refractivity contribution in [2.24, 2.45) is 16.7 Å². The van der Waals surface area contributed by atoms with Gasteiger partial charge in [0.05, 0.1) is 24.6 Å². The summed E-state index contributed by atoms with van der Waals surface area (Å²) in [6, 6.07) is 3.37. The number of carbonyl (C=O) groups excluding carboxylic acids is 3. The van der Waals surface area contributed by atoms with Crippen LogP contribution in [-0.4, -0.2) is 36.7 Å². The van der Waals surface area contributed by atoms with Crippen LogP contribution in [0.4, 0.5) is 0 Å². The Kier molecular flexibility index (Phi) is 6.62. The van der Waals surface area contributed by atoms with Crippen LogP contribution >= 0.6 is 15.9 Å². The zero-order chi connectivity index (χ0) is 24.0. The number of aliphatic hydroxyl groups excluding tert-OH is 1. The number of hydrogen-bond acceptors (Lipinski definition) is 6. The molecule has 6 nitrogen and oxygen atoms in total. The zero-order valence-electron chi connectivity index (χ0n) is 19.5. The van der Waals surface area contributed by atoms with Gasteiger partial charge in [0.15, 0.2) is 5.78 Å². The molecule has 2 aliphatic carbocycles. The fraction of sp³-hybridized carbons (Fsp3) is 0.560. The van der Waals surface area contributed by atoms with Gasteiger partial charge in [-0.2, -0.15) is 0 Å². The Hall–Kier alpha value is -2.15. The molecule has 2 aliphatic rings. The summed E-state index contributed by atoms with van der Waals surface area (Å²) in [5.74, 6) is -1.82. The van der Waals surface area contributed by atoms with Crippen molar-refractivity contribution in [3.8, 4) is 11.5 Å². The van der Waals surface area contributed by atoms with Crippen LogP contribution in [0, 0.1) is 16.7 Å². The summed E-state index contributed by atoms with van der Waals surface area (Å²) in [7, 11) is 3.00. The van der Waals surface area contributed by atoms with Gasteiger partial charge in [-0.05, 0) is 32.8 Å². The van der Waals surface area contributed by atoms with Gasteiger partial charge in [0.1, 0.15) is 28.8 Å². The van der Waals surface area contributed by atoms with Crippen LogP contribution in [0.15, 0.2) is 27.9 Å². The van der Waals surface area contributed by atoms with Gasteiger partial charge in [-0.1, -0.05) is 27.7 Å². The van der Waals surface area contributed by atoms with E-state index in [1.54, 1.807) is 12.1 Å². The van der Waals surface area contributed by atoms with E-state index in [-0.39, 0.29) is 47.9 Å². The molecule has 1 aromatic carbocycles. The molecule has 0 aromatic heterocycles. The SMILES string of the molecule is COc1cc(OC)c(C(C2=C(O)CC(C)(C)CC2=O)C2C(=O)CC(C)(C)CC2=O)cc1Br. The first kappa shape index (κ1) is 24.5. The minimum Gasteiger partial charge on any atom is -0.512 e. The summed E-state index contributed by atoms with van der Waals surface area (Å²) >= 11 is 3.47. The molecule has 1 saturated carbocycles. The number of carbonyl (C=O) groups is 3. The monoisotopic (exact) mass is 506 g/mol. The second-order valence-corrected chi connectivity index (χ2v) is 11.3. The lowest BCUT2D eigenvalue weighted by Crippen LogP contribution is -2.43. The van der Waals surface area contributed by atoms with Crippen molar-refractivity contribution in [1.82, 2.24) is 0 Å². The Morgan fingerprint density at radius 1 is 0.906 bits per heavy atom. The van der Waals surface area contributed by atoms with Gasteiger partial charge >= 0.3 is 0 Å². The number of hydrogen-bond donors (Lipinski definition) is 1. The van der Waals surface area contributed by atoms with Crippen LogP contribution in [0.3, 0.4) is 0 Å². The average molecular weight is 507 g/mol. The fourth-order valence-corrected chi connectivity index (χ4v) is 5.58. The molecule has 0 saturated heterocycles. The van der Waals surface area contributed by atoms with Crippen LogP contribution in [0.2, 0.25) is 0 Å². The van der Waals surface area contributed by atoms with Crippen molar-refractivity contribution >= 4 is 33.3 Å². The highest BCUT2D eigenvalue weighted by atomic mass is 79.9. The molecule has 0 amide bonds. The number of aliphatic hydroxyl groups is 1. The highest BCUT2D eigenvalue weighted by Gasteiger charge is 2.49. The Balaban J connectivity index is 2.27. The maximum atomic E-state index is 13.3. The van der Waals surface area contributed by atoms with Gasteiger partial charge in [-0.25, -0.2) is 0 Å². The number of ether oxygens (including phenoxy) is 2. The lowest BCUT2D eigenvalue weighted by atomic mass is 9.62. The summed E-state index contributed by atoms with van der Waals surface area (Å²) < 4.78 is 11.6. The van der Waals surface area contributed by atoms with Crippen LogP contribution in [0.5, 0.6) is 11.5 Å². The van der Waals surface area contributed by atoms with Gasteiger partial charge in [0.25, 0.3) is 0 Å². The minimum atomic E-state index is -1.06. The second-order valence-electron chi connectivity index (χ2n) is 10.4. The van der Waals surface area contributed by atoms with E-state index in [1.807, 2.05) is 27.7 Å². The molecular weight excluding hydrogens is 476 g/mol. The van der Waals surface area contributed by atoms with Gasteiger partial charge in [-0.15, -0.1) is 0 Å². The normalized spacial score (nSPS) is 22.2. The molecule has 32 heavy (non-hydrogen) atoms. The van der Waals surface area contributed by atoms with Crippen molar-refractivity contribution in [2.75, 3.05) is 14.2 Å². The number of allylic oxidation sites excluding steroid dienone is 2. The van der Waals surface area contributed by atoms with Gasteiger partial charge in [0.2, 0.25) is 0 Å². The van der Waals surface area contributed by atoms with Crippen LogP contribution in [-0.2, 0) is 14.4 Å². The van der Waals surface area contributed by atoms with Crippen molar-refractivity contribution in [3.05, 3.63) is 33.5 Å². The van der Waals surface area contributed by atoms with Crippen LogP contribution in [0.1, 0.15) is 64.9 Å². The second kappa shape index (κ2) is 8.65. The number of benzene rings is 1. The smallest absolute Gasteiger partial charge is 0.163 e. The molecule has 1 aromatic rings. The number of ketones is 3. The Bertz CT molecular complexity index is 984. The van der Waals surface area contributed by atoms with Gasteiger partial charge in [-0.3, -0.25) is 14.4 Å². The third kappa shape index (κ3) is 4.63. The molecule has 0 aliphatic heterocycles. The largest absolute Gasteiger partial charge is 0.512 e. The minimum absolute atomic E-state index is 0.0596. The topological polar surface area (TPSA) is 89.9 Å². The molecule has 0 radical (unpaired) electrons. The first-order chi connectivity index (χ1) is 14.8. The lowest BCUT2D eigenvalue weighted by molar-refractivity contribution is -0.140. The number of methoxy groups -OCH3 is 2. The Labute approximate surface area is 197 Å². The quantitative estimate of drug-likeness (QED) is 0.543. The van der Waals surface area contributed by atoms with Crippen molar-refractivity contribution < 1.29 is 29.0 Å². The lowest BCUT2D eigenvalue weighted by Gasteiger charge is -2.39. The van der Waals surface area contributed by atoms with E-state index in [4.69, 9.17) is 9.47 Å². The predicted octanol–water partition coefficient (Wildman–Crippen LogP) is 5.33. The van der Waals surface area contributed by atoms with E-state index in [2.05, 4.69) is 15.9 Å². The Morgan fingerprint density at radius 2 is 1.44 bits per heavy atom. The molecule has 0 spiro atoms. The summed E-state index contributed by atoms with van der Waals surface area (Å²) in [5.41, 5.74) is -0.191. The average Bonchev–Trinajstić information content (AvgIpc) is 2.63. The molecular formula is C25H31BrO6. The molecule has 1 unspecified atom stereocenters. The van der Waals surface area contributed by atoms with Crippen molar-refractivity contribution in [1.29, 1.82) is 0 Å². The first-order valence-corrected chi connectivity index (χ1v) is 11.5. The Morgan fingerprint density at radius 3 is 1.94 bits per heavy atom. The molecule has 1 atom stereocenters. The van der Waals surface area contributed by atoms with E-state index in [1.165, 1.54) is 14.2 Å². The number of Topliss-reactive ketones (excluding diaryl/α,β-unsaturated/α-hetero) is 3. The van der Waals surface area contributed by atoms with E-state index in [9.17, 15) is 19.5 Å². The van der Waals surface area contributed by atoms with Gasteiger partial charge < -0.3 is 14.6 Å². The highest BCUT2D eigenvalue weighted by Crippen LogP contribution is 2.50. The maximum Gasteiger partial charge on any atom is 0.163 e. The molecule has 1 fully saturated rings. The summed E-state index contributed by atoms with van der Waals surface area (Å²) in [5, 5.41) is 11.0. The van der Waals surface area contributed by atoms with Crippen LogP contribution in [0.25, 0.3) is 0 Å². The number of halogens is 1. The standard InChI is InChI=1S/C25H31BrO6/c1-24(2)9-15(27)22(16(28)10-24)21(23-17(29)11-25(3,4)12-18(23)30)13-7-14(26)20(32-6)8-19(13)31-5/h7-8,21-22,29H,9-12H2,1-6H3. The molecule has 7 heteroatoms. The first-order valence-electron chi connectivity index (χ1n) is 10.7. The molecule has 3 rings (SSSR count). The van der Waals surface area contributed by atoms with E-state index in [0.717, 1.165) is 0 Å². The van der Waals surface area contributed by atoms with Crippen LogP contribution < -0.4 is 9.47 Å². The van der Waals surface area contributed by atoms with Crippen molar-refractivity contribution in [2.45, 2.75) is 59.3 Å². The van der Waals surface area contributed by atoms with Gasteiger partial charge in [0, 0.05) is 48.8 Å². The fourth-order valence-electron chi connectivity index (χ4n) is 5.06. The predicted molar refractivity (Wildman–Crippen MR) is 124 cm³/mol. The number of rotatable bonds is 5. The van der Waals surface area contributed by atoms with E-state index in [0.29, 0.717) is 28.0 Å². The summed E-state index contributed by atoms with van der Waals surface area (Å²) in [6.07, 6.45) is 0.981. The molecule has 0 heterocycles. The molecule has 0 bridgehead atoms. The third-order valence-electron chi connectivity index (χ3n) is 6.38. The third-order valence-corrected chi connectivity index (χ3v) is 7.00. The van der Waals surface area contributed by atoms with E-state index >= 15 is 0 Å². The maximum absolute atomic E-state index is 13.3. The molecule has 1 N–H and O–H groups in total. The zero-order valence-corrected chi connectivity index (χ0v) is 21.1. The van der Waals surface area contributed by atoms with E-state index < -0.39 is 22.7 Å². The highest BCUT2D eigenvalue weighted by molar-refractivity contribution is 9.10. The molecule has 174 valence electrons. The summed E-state index contributed by atoms with van der Waals surface area (Å²) in [4.78, 5) is 39.9.